The van der Waals surface area contributed by atoms with E-state index in [1.165, 1.54) is 0 Å². The Bertz CT molecular complexity index is 1090. The van der Waals surface area contributed by atoms with Gasteiger partial charge in [-0.2, -0.15) is 5.10 Å². The predicted molar refractivity (Wildman–Crippen MR) is 107 cm³/mol. The van der Waals surface area contributed by atoms with Crippen molar-refractivity contribution in [2.24, 2.45) is 0 Å². The van der Waals surface area contributed by atoms with Crippen molar-refractivity contribution in [3.05, 3.63) is 71.9 Å². The fourth-order valence-corrected chi connectivity index (χ4v) is 4.46. The van der Waals surface area contributed by atoms with Crippen LogP contribution in [0.5, 0.6) is 0 Å². The van der Waals surface area contributed by atoms with Crippen molar-refractivity contribution in [1.29, 1.82) is 0 Å². The van der Waals surface area contributed by atoms with Crippen LogP contribution in [0.15, 0.2) is 60.8 Å². The first-order chi connectivity index (χ1) is 13.7. The molecule has 1 atom stereocenters. The molecule has 0 radical (unpaired) electrons. The highest BCUT2D eigenvalue weighted by Crippen LogP contribution is 2.52. The van der Waals surface area contributed by atoms with Gasteiger partial charge in [0.15, 0.2) is 0 Å². The number of anilines is 2. The lowest BCUT2D eigenvalue weighted by Gasteiger charge is -2.32. The number of carbonyl (C=O) groups is 2. The van der Waals surface area contributed by atoms with Crippen molar-refractivity contribution in [3.8, 4) is 5.69 Å². The molecule has 0 bridgehead atoms. The summed E-state index contributed by atoms with van der Waals surface area (Å²) < 4.78 is 1.70. The van der Waals surface area contributed by atoms with Crippen molar-refractivity contribution < 1.29 is 9.59 Å². The van der Waals surface area contributed by atoms with Crippen molar-refractivity contribution >= 4 is 23.3 Å². The first-order valence-corrected chi connectivity index (χ1v) is 9.52. The van der Waals surface area contributed by atoms with Crippen LogP contribution in [-0.4, -0.2) is 28.1 Å². The SMILES string of the molecule is CCCN1C(=O)[C@@]2(CC(=O)Nc3c2cnn3-c2ccccc2)c2ccccc21. The smallest absolute Gasteiger partial charge is 0.242 e. The Morgan fingerprint density at radius 3 is 2.57 bits per heavy atom. The molecular formula is C22H20N4O2. The zero-order valence-corrected chi connectivity index (χ0v) is 15.6. The van der Waals surface area contributed by atoms with Gasteiger partial charge >= 0.3 is 0 Å². The van der Waals surface area contributed by atoms with E-state index in [1.54, 1.807) is 10.9 Å². The van der Waals surface area contributed by atoms with E-state index in [1.807, 2.05) is 66.4 Å². The van der Waals surface area contributed by atoms with E-state index in [4.69, 9.17) is 0 Å². The minimum atomic E-state index is -1.02. The highest BCUT2D eigenvalue weighted by molar-refractivity contribution is 6.15. The van der Waals surface area contributed by atoms with Crippen LogP contribution in [0.4, 0.5) is 11.5 Å². The second kappa shape index (κ2) is 6.05. The molecule has 0 aliphatic carbocycles. The molecule has 6 heteroatoms. The second-order valence-electron chi connectivity index (χ2n) is 7.26. The van der Waals surface area contributed by atoms with Gasteiger partial charge in [-0.1, -0.05) is 43.3 Å². The summed E-state index contributed by atoms with van der Waals surface area (Å²) in [6.07, 6.45) is 2.67. The zero-order valence-electron chi connectivity index (χ0n) is 15.6. The number of rotatable bonds is 3. The summed E-state index contributed by atoms with van der Waals surface area (Å²) in [5.41, 5.74) is 2.35. The molecule has 2 aliphatic rings. The number of hydrogen-bond donors (Lipinski definition) is 1. The number of carbonyl (C=O) groups excluding carboxylic acids is 2. The molecule has 1 spiro atoms. The number of fused-ring (bicyclic) bond motifs is 4. The number of amides is 2. The third kappa shape index (κ3) is 2.11. The molecule has 3 heterocycles. The minimum Gasteiger partial charge on any atom is -0.311 e. The zero-order chi connectivity index (χ0) is 19.3. The van der Waals surface area contributed by atoms with Crippen LogP contribution in [-0.2, 0) is 15.0 Å². The standard InChI is InChI=1S/C22H20N4O2/c1-2-12-25-18-11-7-6-10-16(18)22(21(25)28)13-19(27)24-20-17(22)14-23-26(20)15-8-4-3-5-9-15/h3-11,14H,2,12-13H2,1H3,(H,24,27)/t22-/m0/s1. The van der Waals surface area contributed by atoms with E-state index in [-0.39, 0.29) is 18.2 Å². The molecule has 0 fully saturated rings. The van der Waals surface area contributed by atoms with Crippen LogP contribution in [0.2, 0.25) is 0 Å². The Balaban J connectivity index is 1.76. The van der Waals surface area contributed by atoms with Gasteiger partial charge in [0.2, 0.25) is 11.8 Å². The van der Waals surface area contributed by atoms with Gasteiger partial charge in [0, 0.05) is 24.2 Å². The Hall–Kier alpha value is -3.41. The lowest BCUT2D eigenvalue weighted by molar-refractivity contribution is -0.126. The molecule has 5 rings (SSSR count). The summed E-state index contributed by atoms with van der Waals surface area (Å²) in [5, 5.41) is 7.48. The van der Waals surface area contributed by atoms with Crippen molar-refractivity contribution in [1.82, 2.24) is 9.78 Å². The highest BCUT2D eigenvalue weighted by atomic mass is 16.2. The van der Waals surface area contributed by atoms with Crippen LogP contribution in [0.25, 0.3) is 5.69 Å². The number of aromatic nitrogens is 2. The van der Waals surface area contributed by atoms with E-state index >= 15 is 0 Å². The van der Waals surface area contributed by atoms with Gasteiger partial charge in [-0.3, -0.25) is 9.59 Å². The Kier molecular flexibility index (Phi) is 3.62. The maximum absolute atomic E-state index is 13.7. The average molecular weight is 372 g/mol. The number of benzene rings is 2. The molecule has 6 nitrogen and oxygen atoms in total. The molecular weight excluding hydrogens is 352 g/mol. The van der Waals surface area contributed by atoms with E-state index in [0.29, 0.717) is 12.4 Å². The number of nitrogens with one attached hydrogen (secondary N) is 1. The molecule has 0 saturated carbocycles. The summed E-state index contributed by atoms with van der Waals surface area (Å²) in [6.45, 7) is 2.68. The topological polar surface area (TPSA) is 67.2 Å². The largest absolute Gasteiger partial charge is 0.311 e. The van der Waals surface area contributed by atoms with E-state index in [9.17, 15) is 9.59 Å². The lowest BCUT2D eigenvalue weighted by Crippen LogP contribution is -2.46. The fraction of sp³-hybridized carbons (Fsp3) is 0.227. The highest BCUT2D eigenvalue weighted by Gasteiger charge is 2.56. The Morgan fingerprint density at radius 1 is 1.04 bits per heavy atom. The third-order valence-corrected chi connectivity index (χ3v) is 5.63. The van der Waals surface area contributed by atoms with Gasteiger partial charge in [0.25, 0.3) is 0 Å². The Labute approximate surface area is 162 Å². The first kappa shape index (κ1) is 16.7. The summed E-state index contributed by atoms with van der Waals surface area (Å²) >= 11 is 0. The van der Waals surface area contributed by atoms with Crippen LogP contribution in [0, 0.1) is 0 Å². The van der Waals surface area contributed by atoms with Crippen molar-refractivity contribution in [3.63, 3.8) is 0 Å². The maximum atomic E-state index is 13.7. The molecule has 3 aromatic rings. The van der Waals surface area contributed by atoms with Gasteiger partial charge in [0.05, 0.1) is 11.9 Å². The van der Waals surface area contributed by atoms with Crippen molar-refractivity contribution in [2.45, 2.75) is 25.2 Å². The average Bonchev–Trinajstić information content (AvgIpc) is 3.24. The second-order valence-corrected chi connectivity index (χ2v) is 7.26. The maximum Gasteiger partial charge on any atom is 0.242 e. The van der Waals surface area contributed by atoms with Gasteiger partial charge in [-0.25, -0.2) is 4.68 Å². The van der Waals surface area contributed by atoms with E-state index < -0.39 is 5.41 Å². The summed E-state index contributed by atoms with van der Waals surface area (Å²) in [7, 11) is 0. The molecule has 0 saturated heterocycles. The van der Waals surface area contributed by atoms with Gasteiger partial charge in [-0.05, 0) is 30.2 Å². The summed E-state index contributed by atoms with van der Waals surface area (Å²) in [5.74, 6) is 0.356. The molecule has 140 valence electrons. The monoisotopic (exact) mass is 372 g/mol. The van der Waals surface area contributed by atoms with Crippen LogP contribution >= 0.6 is 0 Å². The van der Waals surface area contributed by atoms with Gasteiger partial charge in [0.1, 0.15) is 11.2 Å². The molecule has 2 aliphatic heterocycles. The number of hydrogen-bond acceptors (Lipinski definition) is 3. The van der Waals surface area contributed by atoms with E-state index in [0.717, 1.165) is 28.9 Å². The quantitative estimate of drug-likeness (QED) is 0.767. The normalized spacial score (nSPS) is 20.2. The first-order valence-electron chi connectivity index (χ1n) is 9.52. The van der Waals surface area contributed by atoms with Crippen molar-refractivity contribution in [2.75, 3.05) is 16.8 Å². The molecule has 1 aromatic heterocycles. The predicted octanol–water partition coefficient (Wildman–Crippen LogP) is 3.26. The molecule has 28 heavy (non-hydrogen) atoms. The number of para-hydroxylation sites is 2. The third-order valence-electron chi connectivity index (χ3n) is 5.63. The summed E-state index contributed by atoms with van der Waals surface area (Å²) in [6, 6.07) is 17.4. The van der Waals surface area contributed by atoms with Crippen LogP contribution in [0.1, 0.15) is 30.9 Å². The van der Waals surface area contributed by atoms with E-state index in [2.05, 4.69) is 10.4 Å². The summed E-state index contributed by atoms with van der Waals surface area (Å²) in [4.78, 5) is 28.3. The molecule has 1 N–H and O–H groups in total. The minimum absolute atomic E-state index is 0.0424. The van der Waals surface area contributed by atoms with Gasteiger partial charge < -0.3 is 10.2 Å². The lowest BCUT2D eigenvalue weighted by atomic mass is 9.72. The molecule has 2 aromatic carbocycles. The molecule has 0 unspecified atom stereocenters. The molecule has 2 amide bonds. The van der Waals surface area contributed by atoms with Gasteiger partial charge in [-0.15, -0.1) is 0 Å². The fourth-order valence-electron chi connectivity index (χ4n) is 4.46. The van der Waals surface area contributed by atoms with Crippen LogP contribution in [0.3, 0.4) is 0 Å². The van der Waals surface area contributed by atoms with Crippen LogP contribution < -0.4 is 10.2 Å². The Morgan fingerprint density at radius 2 is 1.79 bits per heavy atom. The number of nitrogens with zero attached hydrogens (tertiary/aromatic N) is 3.